The number of aromatic nitrogens is 1. The first-order chi connectivity index (χ1) is 20.6. The molecular weight excluding hydrogens is 538 g/mol. The highest BCUT2D eigenvalue weighted by atomic mass is 16.5. The zero-order valence-corrected chi connectivity index (χ0v) is 26.8. The van der Waals surface area contributed by atoms with E-state index in [9.17, 15) is 9.59 Å². The molecule has 2 aromatic carbocycles. The van der Waals surface area contributed by atoms with Gasteiger partial charge in [-0.1, -0.05) is 0 Å². The number of carbonyl (C=O) groups is 2. The van der Waals surface area contributed by atoms with Crippen LogP contribution < -0.4 is 15.0 Å². The predicted octanol–water partition coefficient (Wildman–Crippen LogP) is 5.40. The Bertz CT molecular complexity index is 1370. The summed E-state index contributed by atoms with van der Waals surface area (Å²) < 4.78 is 5.40. The number of likely N-dealkylation sites (tertiary alicyclic amines) is 1. The van der Waals surface area contributed by atoms with E-state index in [-0.39, 0.29) is 11.8 Å². The molecule has 1 aliphatic rings. The molecule has 1 fully saturated rings. The van der Waals surface area contributed by atoms with Gasteiger partial charge in [-0.25, -0.2) is 0 Å². The third-order valence-corrected chi connectivity index (χ3v) is 8.72. The van der Waals surface area contributed by atoms with Crippen molar-refractivity contribution in [1.82, 2.24) is 20.1 Å². The van der Waals surface area contributed by atoms with Gasteiger partial charge < -0.3 is 24.8 Å². The molecule has 1 saturated heterocycles. The van der Waals surface area contributed by atoms with Crippen molar-refractivity contribution >= 4 is 17.5 Å². The normalized spacial score (nSPS) is 14.7. The van der Waals surface area contributed by atoms with E-state index in [1.165, 1.54) is 16.8 Å². The second-order valence-electron chi connectivity index (χ2n) is 12.0. The van der Waals surface area contributed by atoms with Crippen LogP contribution in [0.15, 0.2) is 54.9 Å². The average Bonchev–Trinajstić information content (AvgIpc) is 3.00. The fourth-order valence-corrected chi connectivity index (χ4v) is 6.02. The van der Waals surface area contributed by atoms with Crippen LogP contribution in [0.5, 0.6) is 5.75 Å². The van der Waals surface area contributed by atoms with Gasteiger partial charge in [0.15, 0.2) is 0 Å². The minimum atomic E-state index is -0.0956. The summed E-state index contributed by atoms with van der Waals surface area (Å²) in [7, 11) is 5.18. The summed E-state index contributed by atoms with van der Waals surface area (Å²) in [5, 5.41) is 3.10. The van der Waals surface area contributed by atoms with Crippen LogP contribution in [0.25, 0.3) is 0 Å². The molecule has 43 heavy (non-hydrogen) atoms. The predicted molar refractivity (Wildman–Crippen MR) is 173 cm³/mol. The molecule has 4 rings (SSSR count). The van der Waals surface area contributed by atoms with Gasteiger partial charge in [-0.15, -0.1) is 0 Å². The molecule has 8 heteroatoms. The minimum Gasteiger partial charge on any atom is -0.497 e. The molecule has 0 bridgehead atoms. The van der Waals surface area contributed by atoms with Crippen molar-refractivity contribution < 1.29 is 14.3 Å². The van der Waals surface area contributed by atoms with Crippen molar-refractivity contribution in [3.63, 3.8) is 0 Å². The minimum absolute atomic E-state index is 0.0427. The van der Waals surface area contributed by atoms with E-state index in [4.69, 9.17) is 4.74 Å². The van der Waals surface area contributed by atoms with Crippen LogP contribution in [0.1, 0.15) is 69.2 Å². The molecule has 1 aromatic heterocycles. The lowest BCUT2D eigenvalue weighted by Gasteiger charge is -2.42. The Morgan fingerprint density at radius 1 is 1.02 bits per heavy atom. The Labute approximate surface area is 257 Å². The summed E-state index contributed by atoms with van der Waals surface area (Å²) in [6.07, 6.45) is 6.85. The highest BCUT2D eigenvalue weighted by molar-refractivity contribution is 6.00. The van der Waals surface area contributed by atoms with Crippen molar-refractivity contribution in [3.8, 4) is 5.75 Å². The zero-order valence-electron chi connectivity index (χ0n) is 26.8. The molecule has 3 aromatic rings. The number of carbonyl (C=O) groups excluding carboxylic acids is 2. The number of pyridine rings is 1. The van der Waals surface area contributed by atoms with Crippen molar-refractivity contribution in [1.29, 1.82) is 0 Å². The first-order valence-electron chi connectivity index (χ1n) is 15.2. The Morgan fingerprint density at radius 2 is 1.67 bits per heavy atom. The van der Waals surface area contributed by atoms with Gasteiger partial charge in [-0.3, -0.25) is 14.6 Å². The van der Waals surface area contributed by atoms with Gasteiger partial charge in [0.05, 0.1) is 7.11 Å². The third kappa shape index (κ3) is 7.93. The summed E-state index contributed by atoms with van der Waals surface area (Å²) in [4.78, 5) is 36.5. The molecule has 0 radical (unpaired) electrons. The second-order valence-corrected chi connectivity index (χ2v) is 12.0. The van der Waals surface area contributed by atoms with Crippen molar-refractivity contribution in [2.45, 2.75) is 65.6 Å². The smallest absolute Gasteiger partial charge is 0.253 e. The van der Waals surface area contributed by atoms with Gasteiger partial charge in [0.25, 0.3) is 11.8 Å². The van der Waals surface area contributed by atoms with Gasteiger partial charge in [-0.05, 0) is 112 Å². The van der Waals surface area contributed by atoms with E-state index in [1.54, 1.807) is 26.1 Å². The first-order valence-corrected chi connectivity index (χ1v) is 15.2. The van der Waals surface area contributed by atoms with Crippen LogP contribution in [0, 0.1) is 20.8 Å². The van der Waals surface area contributed by atoms with Crippen LogP contribution in [0.4, 0.5) is 5.69 Å². The van der Waals surface area contributed by atoms with Gasteiger partial charge in [0.2, 0.25) is 0 Å². The van der Waals surface area contributed by atoms with Crippen LogP contribution in [-0.2, 0) is 6.54 Å². The molecular formula is C35H47N5O3. The maximum atomic E-state index is 13.0. The van der Waals surface area contributed by atoms with Crippen LogP contribution in [0.3, 0.4) is 0 Å². The summed E-state index contributed by atoms with van der Waals surface area (Å²) in [5.41, 5.74) is 6.60. The lowest BCUT2D eigenvalue weighted by atomic mass is 9.98. The Hall–Kier alpha value is -3.91. The molecule has 8 nitrogen and oxygen atoms in total. The highest BCUT2D eigenvalue weighted by Crippen LogP contribution is 2.29. The molecule has 2 amide bonds. The van der Waals surface area contributed by atoms with E-state index < -0.39 is 0 Å². The molecule has 0 aliphatic carbocycles. The largest absolute Gasteiger partial charge is 0.497 e. The van der Waals surface area contributed by atoms with E-state index in [0.29, 0.717) is 29.8 Å². The number of anilines is 1. The highest BCUT2D eigenvalue weighted by Gasteiger charge is 2.28. The number of nitrogens with one attached hydrogen (secondary N) is 1. The monoisotopic (exact) mass is 585 g/mol. The lowest BCUT2D eigenvalue weighted by Crippen LogP contribution is -2.48. The van der Waals surface area contributed by atoms with Gasteiger partial charge >= 0.3 is 0 Å². The summed E-state index contributed by atoms with van der Waals surface area (Å²) in [6.45, 7) is 11.6. The number of amides is 2. The third-order valence-electron chi connectivity index (χ3n) is 8.72. The van der Waals surface area contributed by atoms with Crippen LogP contribution in [0.2, 0.25) is 0 Å². The van der Waals surface area contributed by atoms with Crippen molar-refractivity contribution in [2.75, 3.05) is 45.7 Å². The number of aryl methyl sites for hydroxylation is 3. The Balaban J connectivity index is 1.33. The van der Waals surface area contributed by atoms with Gasteiger partial charge in [-0.2, -0.15) is 0 Å². The number of ether oxygens (including phenoxy) is 1. The fraction of sp³-hybridized carbons (Fsp3) is 0.457. The number of hydrogen-bond acceptors (Lipinski definition) is 6. The van der Waals surface area contributed by atoms with Gasteiger partial charge in [0.1, 0.15) is 5.75 Å². The molecule has 230 valence electrons. The quantitative estimate of drug-likeness (QED) is 0.325. The van der Waals surface area contributed by atoms with E-state index >= 15 is 0 Å². The Morgan fingerprint density at radius 3 is 2.26 bits per heavy atom. The van der Waals surface area contributed by atoms with E-state index in [0.717, 1.165) is 55.8 Å². The molecule has 0 spiro atoms. The van der Waals surface area contributed by atoms with Crippen molar-refractivity contribution in [3.05, 3.63) is 88.2 Å². The SMILES string of the molecule is COc1ccc(N(Cc2cnccc2C)C2CCN([C@H](C)CCNC(=O)c3cc(C)c(C(=O)N(C)C)c(C)c3)CC2)cc1. The summed E-state index contributed by atoms with van der Waals surface area (Å²) >= 11 is 0. The number of benzene rings is 2. The first kappa shape index (κ1) is 32.0. The van der Waals surface area contributed by atoms with Crippen LogP contribution in [-0.4, -0.2) is 79.5 Å². The van der Waals surface area contributed by atoms with Gasteiger partial charge in [0, 0.05) is 81.6 Å². The van der Waals surface area contributed by atoms with E-state index in [2.05, 4.69) is 52.1 Å². The summed E-state index contributed by atoms with van der Waals surface area (Å²) in [5.74, 6) is 0.722. The number of hydrogen-bond donors (Lipinski definition) is 1. The van der Waals surface area contributed by atoms with Crippen LogP contribution >= 0.6 is 0 Å². The maximum Gasteiger partial charge on any atom is 0.253 e. The molecule has 1 atom stereocenters. The number of rotatable bonds is 11. The zero-order chi connectivity index (χ0) is 31.1. The lowest BCUT2D eigenvalue weighted by molar-refractivity contribution is 0.0825. The standard InChI is InChI=1S/C35H47N5O3/c1-24-12-16-36-22-29(24)23-40(30-8-10-32(43-7)11-9-30)31-14-18-39(19-15-31)27(4)13-17-37-34(41)28-20-25(2)33(26(3)21-28)35(42)38(5)6/h8-12,16,20-22,27,31H,13-15,17-19,23H2,1-7H3,(H,37,41)/t27-/m1/s1. The molecule has 0 unspecified atom stereocenters. The number of piperidine rings is 1. The average molecular weight is 586 g/mol. The van der Waals surface area contributed by atoms with E-state index in [1.807, 2.05) is 50.5 Å². The number of methoxy groups -OCH3 is 1. The molecule has 2 heterocycles. The molecule has 0 saturated carbocycles. The second kappa shape index (κ2) is 14.5. The van der Waals surface area contributed by atoms with Crippen molar-refractivity contribution in [2.24, 2.45) is 0 Å². The molecule has 1 aliphatic heterocycles. The number of nitrogens with zero attached hydrogens (tertiary/aromatic N) is 4. The molecule has 1 N–H and O–H groups in total. The Kier molecular flexibility index (Phi) is 10.8. The topological polar surface area (TPSA) is 78.0 Å². The summed E-state index contributed by atoms with van der Waals surface area (Å²) in [6, 6.07) is 14.9. The maximum absolute atomic E-state index is 13.0. The fourth-order valence-electron chi connectivity index (χ4n) is 6.02.